The van der Waals surface area contributed by atoms with Gasteiger partial charge in [0.1, 0.15) is 11.8 Å². The Balaban J connectivity index is 1.90. The van der Waals surface area contributed by atoms with Crippen LogP contribution in [0.5, 0.6) is 0 Å². The maximum Gasteiger partial charge on any atom is 0.329 e. The molecule has 0 aliphatic rings. The maximum atomic E-state index is 11.9. The second kappa shape index (κ2) is 6.42. The summed E-state index contributed by atoms with van der Waals surface area (Å²) in [6, 6.07) is 1.70. The van der Waals surface area contributed by atoms with E-state index in [1.54, 1.807) is 13.0 Å². The van der Waals surface area contributed by atoms with Crippen LogP contribution < -0.4 is 5.32 Å². The molecule has 0 aliphatic carbocycles. The fourth-order valence-electron chi connectivity index (χ4n) is 1.75. The topological polar surface area (TPSA) is 118 Å². The lowest BCUT2D eigenvalue weighted by Gasteiger charge is -2.24. The van der Waals surface area contributed by atoms with Crippen LogP contribution >= 0.6 is 0 Å². The largest absolute Gasteiger partial charge is 0.480 e. The molecule has 0 radical (unpaired) electrons. The van der Waals surface area contributed by atoms with Gasteiger partial charge in [0.25, 0.3) is 0 Å². The highest BCUT2D eigenvalue weighted by molar-refractivity contribution is 5.86. The summed E-state index contributed by atoms with van der Waals surface area (Å²) < 4.78 is 9.97. The Hall–Kier alpha value is -2.64. The summed E-state index contributed by atoms with van der Waals surface area (Å²) in [5.74, 6) is -0.758. The number of aromatic nitrogens is 2. The number of aliphatic carboxylic acids is 1. The van der Waals surface area contributed by atoms with E-state index in [-0.39, 0.29) is 18.7 Å². The smallest absolute Gasteiger partial charge is 0.329 e. The van der Waals surface area contributed by atoms with E-state index in [2.05, 4.69) is 15.5 Å². The number of nitrogens with zero attached hydrogens (tertiary/aromatic N) is 2. The molecule has 1 atom stereocenters. The Morgan fingerprint density at radius 2 is 2.23 bits per heavy atom. The Morgan fingerprint density at radius 3 is 2.82 bits per heavy atom. The average Bonchev–Trinajstić information content (AvgIpc) is 3.15. The van der Waals surface area contributed by atoms with Gasteiger partial charge in [-0.25, -0.2) is 4.79 Å². The molecular weight excluding hydrogens is 290 g/mol. The van der Waals surface area contributed by atoms with E-state index in [0.29, 0.717) is 23.7 Å². The zero-order valence-corrected chi connectivity index (χ0v) is 12.3. The van der Waals surface area contributed by atoms with E-state index >= 15 is 0 Å². The van der Waals surface area contributed by atoms with Gasteiger partial charge in [-0.15, -0.1) is 0 Å². The first-order valence-electron chi connectivity index (χ1n) is 6.84. The number of nitrogens with one attached hydrogen (secondary N) is 1. The quantitative estimate of drug-likeness (QED) is 0.798. The number of hydrogen-bond acceptors (Lipinski definition) is 6. The minimum Gasteiger partial charge on any atom is -0.480 e. The summed E-state index contributed by atoms with van der Waals surface area (Å²) in [6.07, 6.45) is 3.57. The van der Waals surface area contributed by atoms with E-state index in [0.717, 1.165) is 0 Å². The van der Waals surface area contributed by atoms with Crippen molar-refractivity contribution in [1.82, 2.24) is 15.5 Å². The van der Waals surface area contributed by atoms with E-state index in [1.807, 2.05) is 0 Å². The first-order chi connectivity index (χ1) is 10.4. The van der Waals surface area contributed by atoms with Gasteiger partial charge >= 0.3 is 5.97 Å². The summed E-state index contributed by atoms with van der Waals surface area (Å²) in [4.78, 5) is 27.1. The molecule has 2 aromatic rings. The molecule has 8 nitrogen and oxygen atoms in total. The van der Waals surface area contributed by atoms with Crippen LogP contribution in [-0.4, -0.2) is 32.7 Å². The molecule has 1 amide bonds. The van der Waals surface area contributed by atoms with Crippen LogP contribution in [0.25, 0.3) is 11.4 Å². The molecule has 118 valence electrons. The van der Waals surface area contributed by atoms with Crippen molar-refractivity contribution in [3.05, 3.63) is 24.5 Å². The van der Waals surface area contributed by atoms with Crippen molar-refractivity contribution in [2.75, 3.05) is 0 Å². The third-order valence-corrected chi connectivity index (χ3v) is 3.41. The van der Waals surface area contributed by atoms with Gasteiger partial charge in [-0.05, 0) is 19.4 Å². The molecule has 0 saturated carbocycles. The van der Waals surface area contributed by atoms with Crippen LogP contribution in [0.4, 0.5) is 0 Å². The van der Waals surface area contributed by atoms with Gasteiger partial charge in [-0.1, -0.05) is 12.1 Å². The predicted octanol–water partition coefficient (Wildman–Crippen LogP) is 1.63. The number of rotatable bonds is 7. The second-order valence-corrected chi connectivity index (χ2v) is 5.06. The minimum absolute atomic E-state index is 0.0654. The summed E-state index contributed by atoms with van der Waals surface area (Å²) in [5, 5.41) is 15.4. The van der Waals surface area contributed by atoms with Gasteiger partial charge in [0.15, 0.2) is 0 Å². The van der Waals surface area contributed by atoms with Crippen LogP contribution in [0.15, 0.2) is 27.5 Å². The first kappa shape index (κ1) is 15.7. The van der Waals surface area contributed by atoms with E-state index in [4.69, 9.17) is 14.0 Å². The van der Waals surface area contributed by atoms with Crippen LogP contribution in [0.2, 0.25) is 0 Å². The van der Waals surface area contributed by atoms with Crippen LogP contribution in [-0.2, 0) is 16.0 Å². The predicted molar refractivity (Wildman–Crippen MR) is 74.8 cm³/mol. The zero-order chi connectivity index (χ0) is 16.2. The molecule has 0 aromatic carbocycles. The van der Waals surface area contributed by atoms with Crippen molar-refractivity contribution in [2.24, 2.45) is 0 Å². The normalized spacial score (nSPS) is 13.5. The Bertz CT molecular complexity index is 649. The summed E-state index contributed by atoms with van der Waals surface area (Å²) in [5.41, 5.74) is -0.586. The Kier molecular flexibility index (Phi) is 4.59. The number of hydrogen-bond donors (Lipinski definition) is 2. The lowest BCUT2D eigenvalue weighted by molar-refractivity contribution is -0.147. The van der Waals surface area contributed by atoms with Crippen molar-refractivity contribution >= 4 is 11.9 Å². The molecule has 2 N–H and O–H groups in total. The fraction of sp³-hybridized carbons (Fsp3) is 0.429. The SMILES string of the molecule is CCC(C)(NC(=O)CCc1nc(-c2ccoc2)no1)C(=O)O. The van der Waals surface area contributed by atoms with Gasteiger partial charge < -0.3 is 19.4 Å². The number of furan rings is 1. The zero-order valence-electron chi connectivity index (χ0n) is 12.3. The molecule has 2 heterocycles. The van der Waals surface area contributed by atoms with Gasteiger partial charge in [-0.3, -0.25) is 4.79 Å². The number of carbonyl (C=O) groups excluding carboxylic acids is 1. The molecule has 2 aromatic heterocycles. The third-order valence-electron chi connectivity index (χ3n) is 3.41. The lowest BCUT2D eigenvalue weighted by atomic mass is 9.99. The molecular formula is C14H17N3O5. The van der Waals surface area contributed by atoms with Gasteiger partial charge in [-0.2, -0.15) is 4.98 Å². The molecule has 8 heteroatoms. The van der Waals surface area contributed by atoms with Crippen molar-refractivity contribution in [2.45, 2.75) is 38.6 Å². The summed E-state index contributed by atoms with van der Waals surface area (Å²) in [6.45, 7) is 3.17. The summed E-state index contributed by atoms with van der Waals surface area (Å²) in [7, 11) is 0. The average molecular weight is 307 g/mol. The molecule has 22 heavy (non-hydrogen) atoms. The summed E-state index contributed by atoms with van der Waals surface area (Å²) >= 11 is 0. The van der Waals surface area contributed by atoms with Crippen LogP contribution in [0.3, 0.4) is 0 Å². The van der Waals surface area contributed by atoms with E-state index in [9.17, 15) is 9.59 Å². The number of carboxylic acid groups (broad SMARTS) is 1. The first-order valence-corrected chi connectivity index (χ1v) is 6.84. The van der Waals surface area contributed by atoms with Gasteiger partial charge in [0.2, 0.25) is 17.6 Å². The van der Waals surface area contributed by atoms with Gasteiger partial charge in [0.05, 0.1) is 11.8 Å². The number of aryl methyl sites for hydroxylation is 1. The maximum absolute atomic E-state index is 11.9. The number of carbonyl (C=O) groups is 2. The van der Waals surface area contributed by atoms with Crippen molar-refractivity contribution in [3.63, 3.8) is 0 Å². The molecule has 2 rings (SSSR count). The lowest BCUT2D eigenvalue weighted by Crippen LogP contribution is -2.51. The van der Waals surface area contributed by atoms with Crippen molar-refractivity contribution in [3.8, 4) is 11.4 Å². The number of carboxylic acids is 1. The molecule has 1 unspecified atom stereocenters. The minimum atomic E-state index is -1.27. The van der Waals surface area contributed by atoms with E-state index < -0.39 is 11.5 Å². The molecule has 0 aliphatic heterocycles. The van der Waals surface area contributed by atoms with Gasteiger partial charge in [0, 0.05) is 12.8 Å². The number of amides is 1. The third kappa shape index (κ3) is 3.51. The van der Waals surface area contributed by atoms with Crippen LogP contribution in [0.1, 0.15) is 32.6 Å². The highest BCUT2D eigenvalue weighted by Gasteiger charge is 2.32. The Morgan fingerprint density at radius 1 is 1.45 bits per heavy atom. The fourth-order valence-corrected chi connectivity index (χ4v) is 1.75. The monoisotopic (exact) mass is 307 g/mol. The van der Waals surface area contributed by atoms with Crippen molar-refractivity contribution in [1.29, 1.82) is 0 Å². The highest BCUT2D eigenvalue weighted by atomic mass is 16.5. The Labute approximate surface area is 126 Å². The molecule has 0 spiro atoms. The van der Waals surface area contributed by atoms with Crippen LogP contribution in [0, 0.1) is 0 Å². The molecule has 0 bridgehead atoms. The molecule has 0 saturated heterocycles. The molecule has 0 fully saturated rings. The van der Waals surface area contributed by atoms with E-state index in [1.165, 1.54) is 19.5 Å². The van der Waals surface area contributed by atoms with Crippen molar-refractivity contribution < 1.29 is 23.6 Å². The second-order valence-electron chi connectivity index (χ2n) is 5.06. The standard InChI is InChI=1S/C14H17N3O5/c1-3-14(2,13(19)20)16-10(18)4-5-11-15-12(17-22-11)9-6-7-21-8-9/h6-8H,3-5H2,1-2H3,(H,16,18)(H,19,20). The highest BCUT2D eigenvalue weighted by Crippen LogP contribution is 2.16.